The molecule has 0 bridgehead atoms. The van der Waals surface area contributed by atoms with Crippen LogP contribution in [0.4, 0.5) is 0 Å². The van der Waals surface area contributed by atoms with E-state index in [9.17, 15) is 10.2 Å². The molecule has 2 aromatic rings. The van der Waals surface area contributed by atoms with Gasteiger partial charge in [0, 0.05) is 19.1 Å². The molecule has 150 valence electrons. The van der Waals surface area contributed by atoms with Crippen LogP contribution in [0.1, 0.15) is 24.1 Å². The van der Waals surface area contributed by atoms with Crippen LogP contribution >= 0.6 is 0 Å². The minimum atomic E-state index is -0.376. The molecule has 0 aliphatic carbocycles. The lowest BCUT2D eigenvalue weighted by Gasteiger charge is -2.34. The predicted octanol–water partition coefficient (Wildman–Crippen LogP) is 2.59. The molecule has 0 unspecified atom stereocenters. The Labute approximate surface area is 167 Å². The number of phenols is 1. The van der Waals surface area contributed by atoms with Crippen LogP contribution in [0.5, 0.6) is 11.5 Å². The molecule has 2 aromatic carbocycles. The first-order valence-corrected chi connectivity index (χ1v) is 10.1. The Morgan fingerprint density at radius 2 is 1.96 bits per heavy atom. The maximum absolute atomic E-state index is 10.5. The van der Waals surface area contributed by atoms with Gasteiger partial charge in [-0.2, -0.15) is 0 Å². The molecule has 2 fully saturated rings. The zero-order chi connectivity index (χ0) is 19.7. The Morgan fingerprint density at radius 1 is 1.18 bits per heavy atom. The fraction of sp³-hybridized carbons (Fsp3) is 0.478. The number of hydrogen-bond acceptors (Lipinski definition) is 5. The van der Waals surface area contributed by atoms with E-state index in [1.54, 1.807) is 12.1 Å². The molecule has 4 atom stereocenters. The molecule has 0 saturated carbocycles. The SMILES string of the molecule is CCOc1cccc([C@H]2N[C@](CO)(Cc3ccc(O)cc3)[C@H]3CN(C)C[C@@H]23)c1. The van der Waals surface area contributed by atoms with Crippen LogP contribution in [0.2, 0.25) is 0 Å². The Hall–Kier alpha value is -2.08. The molecule has 4 rings (SSSR count). The number of rotatable bonds is 6. The number of ether oxygens (including phenoxy) is 1. The number of likely N-dealkylation sites (tertiary alicyclic amines) is 1. The van der Waals surface area contributed by atoms with Crippen molar-refractivity contribution in [1.82, 2.24) is 10.2 Å². The number of aromatic hydroxyl groups is 1. The van der Waals surface area contributed by atoms with Gasteiger partial charge in [0.25, 0.3) is 0 Å². The van der Waals surface area contributed by atoms with Crippen molar-refractivity contribution < 1.29 is 14.9 Å². The zero-order valence-corrected chi connectivity index (χ0v) is 16.6. The van der Waals surface area contributed by atoms with Crippen molar-refractivity contribution in [3.8, 4) is 11.5 Å². The number of aliphatic hydroxyl groups excluding tert-OH is 1. The summed E-state index contributed by atoms with van der Waals surface area (Å²) in [7, 11) is 2.16. The molecule has 2 aliphatic heterocycles. The standard InChI is InChI=1S/C23H30N2O3/c1-3-28-19-6-4-5-17(11-19)22-20-13-25(2)14-21(20)23(15-26,24-22)12-16-7-9-18(27)10-8-16/h4-11,20-22,24,26-27H,3,12-15H2,1-2H3/t20-,21+,22-,23+/m1/s1. The molecule has 5 heteroatoms. The van der Waals surface area contributed by atoms with Gasteiger partial charge in [0.2, 0.25) is 0 Å². The highest BCUT2D eigenvalue weighted by molar-refractivity contribution is 5.35. The van der Waals surface area contributed by atoms with Crippen molar-refractivity contribution in [3.05, 3.63) is 59.7 Å². The molecule has 0 radical (unpaired) electrons. The molecular weight excluding hydrogens is 352 g/mol. The maximum atomic E-state index is 10.5. The lowest BCUT2D eigenvalue weighted by molar-refractivity contribution is 0.129. The molecule has 28 heavy (non-hydrogen) atoms. The highest BCUT2D eigenvalue weighted by Crippen LogP contribution is 2.48. The van der Waals surface area contributed by atoms with E-state index in [0.717, 1.165) is 30.8 Å². The predicted molar refractivity (Wildman–Crippen MR) is 110 cm³/mol. The summed E-state index contributed by atoms with van der Waals surface area (Å²) in [6.45, 7) is 4.72. The van der Waals surface area contributed by atoms with Gasteiger partial charge < -0.3 is 25.2 Å². The first kappa shape index (κ1) is 19.2. The fourth-order valence-electron chi connectivity index (χ4n) is 5.15. The van der Waals surface area contributed by atoms with Crippen LogP contribution in [0.15, 0.2) is 48.5 Å². The Morgan fingerprint density at radius 3 is 2.68 bits per heavy atom. The first-order chi connectivity index (χ1) is 13.5. The third-order valence-electron chi connectivity index (χ3n) is 6.39. The lowest BCUT2D eigenvalue weighted by Crippen LogP contribution is -2.52. The van der Waals surface area contributed by atoms with Gasteiger partial charge in [-0.05, 0) is 67.6 Å². The molecule has 2 heterocycles. The Kier molecular flexibility index (Phi) is 5.32. The van der Waals surface area contributed by atoms with Crippen molar-refractivity contribution in [1.29, 1.82) is 0 Å². The second kappa shape index (κ2) is 7.74. The summed E-state index contributed by atoms with van der Waals surface area (Å²) >= 11 is 0. The molecule has 3 N–H and O–H groups in total. The number of aliphatic hydroxyl groups is 1. The fourth-order valence-corrected chi connectivity index (χ4v) is 5.15. The van der Waals surface area contributed by atoms with Crippen molar-refractivity contribution in [2.24, 2.45) is 11.8 Å². The zero-order valence-electron chi connectivity index (χ0n) is 16.6. The van der Waals surface area contributed by atoms with Crippen LogP contribution < -0.4 is 10.1 Å². The van der Waals surface area contributed by atoms with Crippen molar-refractivity contribution in [2.45, 2.75) is 24.9 Å². The summed E-state index contributed by atoms with van der Waals surface area (Å²) in [6, 6.07) is 15.8. The van der Waals surface area contributed by atoms with Crippen LogP contribution in [0.25, 0.3) is 0 Å². The van der Waals surface area contributed by atoms with E-state index in [-0.39, 0.29) is 23.9 Å². The van der Waals surface area contributed by atoms with E-state index in [1.165, 1.54) is 5.56 Å². The van der Waals surface area contributed by atoms with Gasteiger partial charge in [0.1, 0.15) is 11.5 Å². The average molecular weight is 383 g/mol. The third-order valence-corrected chi connectivity index (χ3v) is 6.39. The van der Waals surface area contributed by atoms with Gasteiger partial charge in [-0.15, -0.1) is 0 Å². The molecule has 2 saturated heterocycles. The van der Waals surface area contributed by atoms with E-state index in [0.29, 0.717) is 18.4 Å². The number of phenolic OH excluding ortho intramolecular Hbond substituents is 1. The average Bonchev–Trinajstić information content (AvgIpc) is 3.21. The van der Waals surface area contributed by atoms with E-state index < -0.39 is 0 Å². The van der Waals surface area contributed by atoms with Crippen LogP contribution in [0.3, 0.4) is 0 Å². The summed E-state index contributed by atoms with van der Waals surface area (Å²) in [6.07, 6.45) is 0.737. The largest absolute Gasteiger partial charge is 0.508 e. The third kappa shape index (κ3) is 3.50. The minimum absolute atomic E-state index is 0.0878. The van der Waals surface area contributed by atoms with Crippen LogP contribution in [-0.4, -0.2) is 54.0 Å². The monoisotopic (exact) mass is 382 g/mol. The Balaban J connectivity index is 1.66. The maximum Gasteiger partial charge on any atom is 0.119 e. The minimum Gasteiger partial charge on any atom is -0.508 e. The topological polar surface area (TPSA) is 65.0 Å². The summed E-state index contributed by atoms with van der Waals surface area (Å²) in [5, 5.41) is 23.9. The number of hydrogen-bond donors (Lipinski definition) is 3. The molecular formula is C23H30N2O3. The van der Waals surface area contributed by atoms with Crippen molar-refractivity contribution >= 4 is 0 Å². The lowest BCUT2D eigenvalue weighted by atomic mass is 9.77. The van der Waals surface area contributed by atoms with Crippen LogP contribution in [-0.2, 0) is 6.42 Å². The van der Waals surface area contributed by atoms with Crippen molar-refractivity contribution in [2.75, 3.05) is 33.4 Å². The summed E-state index contributed by atoms with van der Waals surface area (Å²) in [5.74, 6) is 1.96. The Bertz CT molecular complexity index is 810. The second-order valence-electron chi connectivity index (χ2n) is 8.28. The van der Waals surface area contributed by atoms with E-state index in [4.69, 9.17) is 4.74 Å². The van der Waals surface area contributed by atoms with Gasteiger partial charge >= 0.3 is 0 Å². The number of nitrogens with one attached hydrogen (secondary N) is 1. The number of nitrogens with zero attached hydrogens (tertiary/aromatic N) is 1. The normalized spacial score (nSPS) is 29.8. The smallest absolute Gasteiger partial charge is 0.119 e. The van der Waals surface area contributed by atoms with Crippen molar-refractivity contribution in [3.63, 3.8) is 0 Å². The highest BCUT2D eigenvalue weighted by atomic mass is 16.5. The number of benzene rings is 2. The van der Waals surface area contributed by atoms with Gasteiger partial charge in [-0.25, -0.2) is 0 Å². The van der Waals surface area contributed by atoms with E-state index >= 15 is 0 Å². The molecule has 0 spiro atoms. The summed E-state index contributed by atoms with van der Waals surface area (Å²) < 4.78 is 5.71. The van der Waals surface area contributed by atoms with E-state index in [1.807, 2.05) is 25.1 Å². The molecule has 2 aliphatic rings. The van der Waals surface area contributed by atoms with Gasteiger partial charge in [-0.3, -0.25) is 0 Å². The quantitative estimate of drug-likeness (QED) is 0.717. The molecule has 5 nitrogen and oxygen atoms in total. The van der Waals surface area contributed by atoms with Crippen LogP contribution in [0, 0.1) is 11.8 Å². The number of fused-ring (bicyclic) bond motifs is 1. The first-order valence-electron chi connectivity index (χ1n) is 10.1. The highest BCUT2D eigenvalue weighted by Gasteiger charge is 2.56. The summed E-state index contributed by atoms with van der Waals surface area (Å²) in [5.41, 5.74) is 1.97. The summed E-state index contributed by atoms with van der Waals surface area (Å²) in [4.78, 5) is 2.37. The van der Waals surface area contributed by atoms with Gasteiger partial charge in [0.05, 0.1) is 18.8 Å². The molecule has 0 amide bonds. The van der Waals surface area contributed by atoms with Gasteiger partial charge in [0.15, 0.2) is 0 Å². The molecule has 0 aromatic heterocycles. The van der Waals surface area contributed by atoms with Gasteiger partial charge in [-0.1, -0.05) is 24.3 Å². The van der Waals surface area contributed by atoms with E-state index in [2.05, 4.69) is 35.5 Å². The second-order valence-corrected chi connectivity index (χ2v) is 8.28.